The predicted octanol–water partition coefficient (Wildman–Crippen LogP) is 1.75. The molecule has 1 unspecified atom stereocenters. The summed E-state index contributed by atoms with van der Waals surface area (Å²) in [6.07, 6.45) is 1.66. The highest BCUT2D eigenvalue weighted by Crippen LogP contribution is 2.24. The molecular formula is C14H25N5. The summed E-state index contributed by atoms with van der Waals surface area (Å²) in [5, 5.41) is 3.30. The molecule has 1 aliphatic heterocycles. The largest absolute Gasteiger partial charge is 0.370 e. The van der Waals surface area contributed by atoms with Crippen molar-refractivity contribution in [3.63, 3.8) is 0 Å². The van der Waals surface area contributed by atoms with Crippen LogP contribution in [0.15, 0.2) is 6.33 Å². The molecule has 0 bridgehead atoms. The molecule has 1 aromatic heterocycles. The first kappa shape index (κ1) is 14.1. The molecule has 0 amide bonds. The second-order valence-electron chi connectivity index (χ2n) is 5.12. The standard InChI is InChI=1S/C14H25N5/c1-5-15-13-12(4)14(17-10-16-13)19-8-7-18(6-2)11(3)9-19/h10-11H,5-9H2,1-4H3,(H,15,16,17). The number of hydrogen-bond donors (Lipinski definition) is 1. The molecule has 0 radical (unpaired) electrons. The van der Waals surface area contributed by atoms with Crippen LogP contribution in [0, 0.1) is 6.92 Å². The maximum absolute atomic E-state index is 4.49. The van der Waals surface area contributed by atoms with Gasteiger partial charge in [0.1, 0.15) is 18.0 Å². The summed E-state index contributed by atoms with van der Waals surface area (Å²) in [6, 6.07) is 0.579. The van der Waals surface area contributed by atoms with Gasteiger partial charge in [0.2, 0.25) is 0 Å². The second kappa shape index (κ2) is 6.19. The fourth-order valence-electron chi connectivity index (χ4n) is 2.76. The van der Waals surface area contributed by atoms with Crippen molar-refractivity contribution in [1.82, 2.24) is 14.9 Å². The monoisotopic (exact) mass is 263 g/mol. The van der Waals surface area contributed by atoms with Crippen molar-refractivity contribution in [3.05, 3.63) is 11.9 Å². The van der Waals surface area contributed by atoms with Gasteiger partial charge in [0.25, 0.3) is 0 Å². The molecule has 106 valence electrons. The number of piperazine rings is 1. The third-order valence-electron chi connectivity index (χ3n) is 3.87. The minimum Gasteiger partial charge on any atom is -0.370 e. The molecule has 2 heterocycles. The first-order valence-corrected chi connectivity index (χ1v) is 7.21. The molecule has 5 heteroatoms. The van der Waals surface area contributed by atoms with E-state index >= 15 is 0 Å². The lowest BCUT2D eigenvalue weighted by molar-refractivity contribution is 0.199. The van der Waals surface area contributed by atoms with E-state index < -0.39 is 0 Å². The Kier molecular flexibility index (Phi) is 4.58. The molecule has 1 aromatic rings. The molecule has 1 saturated heterocycles. The van der Waals surface area contributed by atoms with E-state index in [0.29, 0.717) is 6.04 Å². The lowest BCUT2D eigenvalue weighted by Gasteiger charge is -2.40. The zero-order valence-electron chi connectivity index (χ0n) is 12.5. The molecule has 1 aliphatic rings. The number of aromatic nitrogens is 2. The smallest absolute Gasteiger partial charge is 0.137 e. The van der Waals surface area contributed by atoms with Crippen LogP contribution in [0.2, 0.25) is 0 Å². The molecule has 0 aliphatic carbocycles. The van der Waals surface area contributed by atoms with Crippen LogP contribution in [0.4, 0.5) is 11.6 Å². The number of likely N-dealkylation sites (N-methyl/N-ethyl adjacent to an activating group) is 1. The molecule has 1 fully saturated rings. The molecule has 0 saturated carbocycles. The van der Waals surface area contributed by atoms with Crippen molar-refractivity contribution in [2.75, 3.05) is 42.9 Å². The summed E-state index contributed by atoms with van der Waals surface area (Å²) < 4.78 is 0. The van der Waals surface area contributed by atoms with Crippen molar-refractivity contribution in [3.8, 4) is 0 Å². The van der Waals surface area contributed by atoms with Crippen LogP contribution in [-0.4, -0.2) is 53.6 Å². The van der Waals surface area contributed by atoms with Crippen LogP contribution < -0.4 is 10.2 Å². The van der Waals surface area contributed by atoms with E-state index in [4.69, 9.17) is 0 Å². The van der Waals surface area contributed by atoms with Gasteiger partial charge < -0.3 is 10.2 Å². The summed E-state index contributed by atoms with van der Waals surface area (Å²) in [5.41, 5.74) is 1.15. The first-order valence-electron chi connectivity index (χ1n) is 7.21. The molecule has 5 nitrogen and oxygen atoms in total. The van der Waals surface area contributed by atoms with Crippen LogP contribution >= 0.6 is 0 Å². The van der Waals surface area contributed by atoms with Gasteiger partial charge in [0.15, 0.2) is 0 Å². The highest BCUT2D eigenvalue weighted by Gasteiger charge is 2.24. The van der Waals surface area contributed by atoms with Crippen LogP contribution in [-0.2, 0) is 0 Å². The molecule has 0 spiro atoms. The van der Waals surface area contributed by atoms with E-state index in [1.165, 1.54) is 0 Å². The molecular weight excluding hydrogens is 238 g/mol. The van der Waals surface area contributed by atoms with Gasteiger partial charge in [-0.15, -0.1) is 0 Å². The molecule has 19 heavy (non-hydrogen) atoms. The average Bonchev–Trinajstić information content (AvgIpc) is 2.41. The molecule has 2 rings (SSSR count). The number of nitrogens with zero attached hydrogens (tertiary/aromatic N) is 4. The zero-order valence-corrected chi connectivity index (χ0v) is 12.5. The van der Waals surface area contributed by atoms with Gasteiger partial charge in [0, 0.05) is 37.8 Å². The second-order valence-corrected chi connectivity index (χ2v) is 5.12. The van der Waals surface area contributed by atoms with Gasteiger partial charge in [-0.1, -0.05) is 6.92 Å². The minimum atomic E-state index is 0.579. The summed E-state index contributed by atoms with van der Waals surface area (Å²) in [4.78, 5) is 13.7. The van der Waals surface area contributed by atoms with Crippen LogP contribution in [0.5, 0.6) is 0 Å². The van der Waals surface area contributed by atoms with Gasteiger partial charge in [-0.05, 0) is 27.3 Å². The SMILES string of the molecule is CCNc1ncnc(N2CCN(CC)C(C)C2)c1C. The van der Waals surface area contributed by atoms with Crippen LogP contribution in [0.3, 0.4) is 0 Å². The van der Waals surface area contributed by atoms with Crippen molar-refractivity contribution in [2.24, 2.45) is 0 Å². The molecule has 1 N–H and O–H groups in total. The maximum Gasteiger partial charge on any atom is 0.137 e. The number of hydrogen-bond acceptors (Lipinski definition) is 5. The fourth-order valence-corrected chi connectivity index (χ4v) is 2.76. The van der Waals surface area contributed by atoms with Crippen LogP contribution in [0.1, 0.15) is 26.3 Å². The Morgan fingerprint density at radius 3 is 2.74 bits per heavy atom. The Hall–Kier alpha value is -1.36. The minimum absolute atomic E-state index is 0.579. The fraction of sp³-hybridized carbons (Fsp3) is 0.714. The van der Waals surface area contributed by atoms with Crippen molar-refractivity contribution in [2.45, 2.75) is 33.7 Å². The highest BCUT2D eigenvalue weighted by molar-refractivity contribution is 5.58. The number of rotatable bonds is 4. The van der Waals surface area contributed by atoms with E-state index in [1.54, 1.807) is 6.33 Å². The van der Waals surface area contributed by atoms with Crippen molar-refractivity contribution < 1.29 is 0 Å². The van der Waals surface area contributed by atoms with E-state index in [-0.39, 0.29) is 0 Å². The third-order valence-corrected chi connectivity index (χ3v) is 3.87. The van der Waals surface area contributed by atoms with E-state index in [9.17, 15) is 0 Å². The van der Waals surface area contributed by atoms with E-state index in [1.807, 2.05) is 0 Å². The van der Waals surface area contributed by atoms with Gasteiger partial charge >= 0.3 is 0 Å². The number of anilines is 2. The Balaban J connectivity index is 2.16. The topological polar surface area (TPSA) is 44.3 Å². The highest BCUT2D eigenvalue weighted by atomic mass is 15.3. The Bertz CT molecular complexity index is 420. The van der Waals surface area contributed by atoms with Gasteiger partial charge in [-0.2, -0.15) is 0 Å². The Morgan fingerprint density at radius 2 is 2.11 bits per heavy atom. The van der Waals surface area contributed by atoms with E-state index in [0.717, 1.165) is 49.9 Å². The van der Waals surface area contributed by atoms with Gasteiger partial charge in [-0.25, -0.2) is 9.97 Å². The first-order chi connectivity index (χ1) is 9.17. The molecule has 0 aromatic carbocycles. The predicted molar refractivity (Wildman–Crippen MR) is 79.9 cm³/mol. The summed E-state index contributed by atoms with van der Waals surface area (Å²) in [5.74, 6) is 2.03. The van der Waals surface area contributed by atoms with Crippen molar-refractivity contribution >= 4 is 11.6 Å². The quantitative estimate of drug-likeness (QED) is 0.896. The van der Waals surface area contributed by atoms with Crippen molar-refractivity contribution in [1.29, 1.82) is 0 Å². The number of nitrogens with one attached hydrogen (secondary N) is 1. The van der Waals surface area contributed by atoms with Crippen LogP contribution in [0.25, 0.3) is 0 Å². The third kappa shape index (κ3) is 2.97. The summed E-state index contributed by atoms with van der Waals surface area (Å²) >= 11 is 0. The lowest BCUT2D eigenvalue weighted by Crippen LogP contribution is -2.52. The Labute approximate surface area is 116 Å². The normalized spacial score (nSPS) is 20.6. The Morgan fingerprint density at radius 1 is 1.32 bits per heavy atom. The summed E-state index contributed by atoms with van der Waals surface area (Å²) in [6.45, 7) is 13.9. The van der Waals surface area contributed by atoms with Gasteiger partial charge in [0.05, 0.1) is 0 Å². The zero-order chi connectivity index (χ0) is 13.8. The summed E-state index contributed by atoms with van der Waals surface area (Å²) in [7, 11) is 0. The lowest BCUT2D eigenvalue weighted by atomic mass is 10.1. The molecule has 1 atom stereocenters. The average molecular weight is 263 g/mol. The van der Waals surface area contributed by atoms with Gasteiger partial charge in [-0.3, -0.25) is 4.90 Å². The maximum atomic E-state index is 4.49. The van der Waals surface area contributed by atoms with E-state index in [2.05, 4.69) is 52.8 Å².